The van der Waals surface area contributed by atoms with Crippen molar-refractivity contribution in [1.29, 1.82) is 0 Å². The minimum Gasteiger partial charge on any atom is -0.272 e. The summed E-state index contributed by atoms with van der Waals surface area (Å²) in [6.07, 6.45) is 0. The molecule has 1 aliphatic rings. The van der Waals surface area contributed by atoms with Gasteiger partial charge in [0.15, 0.2) is 0 Å². The van der Waals surface area contributed by atoms with E-state index in [2.05, 4.69) is 0 Å². The van der Waals surface area contributed by atoms with E-state index < -0.39 is 5.41 Å². The number of hydrogen-bond acceptors (Lipinski definition) is 2. The van der Waals surface area contributed by atoms with E-state index in [4.69, 9.17) is 28.0 Å². The standard InChI is InChI=1S/C12H13Cl2NO2/c1-12(2)7-17-15(11(12)16)6-8-5-9(13)3-4-10(8)14/h3-5H,6-7H2,1-2H3. The van der Waals surface area contributed by atoms with E-state index in [1.807, 2.05) is 13.8 Å². The average Bonchev–Trinajstić information content (AvgIpc) is 2.51. The highest BCUT2D eigenvalue weighted by Gasteiger charge is 2.40. The highest BCUT2D eigenvalue weighted by molar-refractivity contribution is 6.33. The third-order valence-electron chi connectivity index (χ3n) is 2.71. The monoisotopic (exact) mass is 273 g/mol. The smallest absolute Gasteiger partial charge is 0.254 e. The Morgan fingerprint density at radius 1 is 1.41 bits per heavy atom. The summed E-state index contributed by atoms with van der Waals surface area (Å²) in [5.74, 6) is -0.0338. The third-order valence-corrected chi connectivity index (χ3v) is 3.31. The molecule has 0 aliphatic carbocycles. The highest BCUT2D eigenvalue weighted by atomic mass is 35.5. The summed E-state index contributed by atoms with van der Waals surface area (Å²) in [5.41, 5.74) is 0.315. The first-order valence-corrected chi connectivity index (χ1v) is 6.04. The number of amides is 1. The average molecular weight is 274 g/mol. The van der Waals surface area contributed by atoms with E-state index in [1.165, 1.54) is 5.06 Å². The van der Waals surface area contributed by atoms with Crippen LogP contribution in [-0.4, -0.2) is 17.6 Å². The quantitative estimate of drug-likeness (QED) is 0.828. The van der Waals surface area contributed by atoms with Gasteiger partial charge in [-0.05, 0) is 37.6 Å². The Morgan fingerprint density at radius 2 is 2.12 bits per heavy atom. The van der Waals surface area contributed by atoms with E-state index >= 15 is 0 Å². The number of carbonyl (C=O) groups excluding carboxylic acids is 1. The van der Waals surface area contributed by atoms with Gasteiger partial charge in [-0.15, -0.1) is 0 Å². The number of hydroxylamine groups is 2. The Kier molecular flexibility index (Phi) is 3.34. The summed E-state index contributed by atoms with van der Waals surface area (Å²) in [5, 5.41) is 2.52. The molecule has 1 aliphatic heterocycles. The Bertz CT molecular complexity index is 460. The number of carbonyl (C=O) groups is 1. The molecule has 1 heterocycles. The maximum absolute atomic E-state index is 12.0. The molecule has 1 amide bonds. The SMILES string of the molecule is CC1(C)CON(Cc2cc(Cl)ccc2Cl)C1=O. The molecule has 92 valence electrons. The van der Waals surface area contributed by atoms with Crippen LogP contribution < -0.4 is 0 Å². The van der Waals surface area contributed by atoms with Crippen LogP contribution in [0.4, 0.5) is 0 Å². The fraction of sp³-hybridized carbons (Fsp3) is 0.417. The number of nitrogens with zero attached hydrogens (tertiary/aromatic N) is 1. The normalized spacial score (nSPS) is 18.8. The molecule has 17 heavy (non-hydrogen) atoms. The van der Waals surface area contributed by atoms with Gasteiger partial charge < -0.3 is 0 Å². The number of benzene rings is 1. The van der Waals surface area contributed by atoms with Gasteiger partial charge >= 0.3 is 0 Å². The number of rotatable bonds is 2. The van der Waals surface area contributed by atoms with Crippen LogP contribution in [0.1, 0.15) is 19.4 Å². The molecule has 2 rings (SSSR count). The molecule has 0 aromatic heterocycles. The van der Waals surface area contributed by atoms with Crippen LogP contribution >= 0.6 is 23.2 Å². The first kappa shape index (κ1) is 12.7. The fourth-order valence-electron chi connectivity index (χ4n) is 1.63. The molecule has 3 nitrogen and oxygen atoms in total. The Labute approximate surface area is 110 Å². The second kappa shape index (κ2) is 4.48. The molecule has 0 spiro atoms. The summed E-state index contributed by atoms with van der Waals surface area (Å²) < 4.78 is 0. The molecule has 1 aromatic rings. The van der Waals surface area contributed by atoms with E-state index in [9.17, 15) is 4.79 Å². The van der Waals surface area contributed by atoms with Gasteiger partial charge in [-0.3, -0.25) is 9.63 Å². The second-order valence-electron chi connectivity index (χ2n) is 4.73. The molecule has 0 bridgehead atoms. The Balaban J connectivity index is 2.17. The van der Waals surface area contributed by atoms with Crippen LogP contribution in [0.2, 0.25) is 10.0 Å². The van der Waals surface area contributed by atoms with Crippen molar-refractivity contribution in [3.63, 3.8) is 0 Å². The molecule has 1 fully saturated rings. The zero-order valence-electron chi connectivity index (χ0n) is 9.67. The van der Waals surface area contributed by atoms with Gasteiger partial charge in [-0.2, -0.15) is 0 Å². The lowest BCUT2D eigenvalue weighted by molar-refractivity contribution is -0.165. The van der Waals surface area contributed by atoms with Crippen molar-refractivity contribution in [2.24, 2.45) is 5.41 Å². The van der Waals surface area contributed by atoms with Gasteiger partial charge in [-0.25, -0.2) is 5.06 Å². The van der Waals surface area contributed by atoms with Crippen LogP contribution in [0.3, 0.4) is 0 Å². The molecular formula is C12H13Cl2NO2. The molecular weight excluding hydrogens is 261 g/mol. The van der Waals surface area contributed by atoms with Crippen molar-refractivity contribution >= 4 is 29.1 Å². The van der Waals surface area contributed by atoms with E-state index in [1.54, 1.807) is 18.2 Å². The van der Waals surface area contributed by atoms with Crippen LogP contribution in [0.15, 0.2) is 18.2 Å². The van der Waals surface area contributed by atoms with Gasteiger partial charge in [-0.1, -0.05) is 23.2 Å². The van der Waals surface area contributed by atoms with Gasteiger partial charge in [0.2, 0.25) is 0 Å². The minimum atomic E-state index is -0.467. The second-order valence-corrected chi connectivity index (χ2v) is 5.58. The maximum atomic E-state index is 12.0. The van der Waals surface area contributed by atoms with Crippen LogP contribution in [0.5, 0.6) is 0 Å². The Morgan fingerprint density at radius 3 is 2.71 bits per heavy atom. The molecule has 0 radical (unpaired) electrons. The maximum Gasteiger partial charge on any atom is 0.254 e. The van der Waals surface area contributed by atoms with Crippen molar-refractivity contribution in [3.8, 4) is 0 Å². The summed E-state index contributed by atoms with van der Waals surface area (Å²) in [6.45, 7) is 4.43. The molecule has 0 unspecified atom stereocenters. The first-order valence-electron chi connectivity index (χ1n) is 5.29. The van der Waals surface area contributed by atoms with E-state index in [-0.39, 0.29) is 5.91 Å². The topological polar surface area (TPSA) is 29.5 Å². The summed E-state index contributed by atoms with van der Waals surface area (Å²) in [6, 6.07) is 5.17. The molecule has 1 saturated heterocycles. The van der Waals surface area contributed by atoms with E-state index in [0.29, 0.717) is 23.2 Å². The number of halogens is 2. The zero-order chi connectivity index (χ0) is 12.6. The van der Waals surface area contributed by atoms with Gasteiger partial charge in [0.05, 0.1) is 18.6 Å². The molecule has 1 aromatic carbocycles. The first-order chi connectivity index (χ1) is 7.90. The molecule has 0 atom stereocenters. The third kappa shape index (κ3) is 2.57. The van der Waals surface area contributed by atoms with Gasteiger partial charge in [0.25, 0.3) is 5.91 Å². The lowest BCUT2D eigenvalue weighted by Gasteiger charge is -2.17. The molecule has 5 heteroatoms. The molecule has 0 saturated carbocycles. The van der Waals surface area contributed by atoms with Gasteiger partial charge in [0.1, 0.15) is 0 Å². The van der Waals surface area contributed by atoms with Crippen LogP contribution in [0, 0.1) is 5.41 Å². The lowest BCUT2D eigenvalue weighted by atomic mass is 9.95. The van der Waals surface area contributed by atoms with Crippen LogP contribution in [0.25, 0.3) is 0 Å². The van der Waals surface area contributed by atoms with E-state index in [0.717, 1.165) is 5.56 Å². The van der Waals surface area contributed by atoms with Crippen LogP contribution in [-0.2, 0) is 16.2 Å². The fourth-order valence-corrected chi connectivity index (χ4v) is 2.01. The predicted molar refractivity (Wildman–Crippen MR) is 66.7 cm³/mol. The lowest BCUT2D eigenvalue weighted by Crippen LogP contribution is -2.30. The van der Waals surface area contributed by atoms with Crippen molar-refractivity contribution in [2.45, 2.75) is 20.4 Å². The minimum absolute atomic E-state index is 0.0338. The largest absolute Gasteiger partial charge is 0.272 e. The highest BCUT2D eigenvalue weighted by Crippen LogP contribution is 2.30. The summed E-state index contributed by atoms with van der Waals surface area (Å²) in [7, 11) is 0. The summed E-state index contributed by atoms with van der Waals surface area (Å²) >= 11 is 11.9. The predicted octanol–water partition coefficient (Wildman–Crippen LogP) is 3.29. The van der Waals surface area contributed by atoms with Crippen molar-refractivity contribution in [1.82, 2.24) is 5.06 Å². The molecule has 0 N–H and O–H groups in total. The van der Waals surface area contributed by atoms with Gasteiger partial charge in [0, 0.05) is 10.0 Å². The zero-order valence-corrected chi connectivity index (χ0v) is 11.2. The summed E-state index contributed by atoms with van der Waals surface area (Å²) in [4.78, 5) is 17.3. The number of hydrogen-bond donors (Lipinski definition) is 0. The Hall–Kier alpha value is -0.770. The van der Waals surface area contributed by atoms with Crippen molar-refractivity contribution < 1.29 is 9.63 Å². The van der Waals surface area contributed by atoms with Crippen molar-refractivity contribution in [3.05, 3.63) is 33.8 Å². The van der Waals surface area contributed by atoms with Crippen molar-refractivity contribution in [2.75, 3.05) is 6.61 Å².